The Hall–Kier alpha value is -2.90. The first-order chi connectivity index (χ1) is 24.7. The molecule has 2 aliphatic heterocycles. The maximum absolute atomic E-state index is 12.2. The van der Waals surface area contributed by atoms with Gasteiger partial charge in [-0.2, -0.15) is 0 Å². The standard InChI is InChI=1S/C33H51NO11.C2H2O4/c1-3-8-34-24-32-29-25-4-5-26(35)30(29)45-31(32)27(6-7-33(32,36)28(34)23-25)44-22-21-43-20-19-42-18-17-41-16-15-40-14-13-39-12-11-38-10-9-37-2;3-1(4)2(5)6/h3-5,27-28,31,35-36H,1,6-24H2,2H3;(H,3,4)(H,5,6)/t27-,28+,31-,32-,33+;/m0./s1. The van der Waals surface area contributed by atoms with Crippen molar-refractivity contribution in [1.29, 1.82) is 0 Å². The quantitative estimate of drug-likeness (QED) is 0.0656. The number of ether oxygens (including phenoxy) is 9. The van der Waals surface area contributed by atoms with Crippen LogP contribution in [0.1, 0.15) is 24.0 Å². The summed E-state index contributed by atoms with van der Waals surface area (Å²) in [5, 5.41) is 37.7. The minimum Gasteiger partial charge on any atom is -0.504 e. The third-order valence-electron chi connectivity index (χ3n) is 9.58. The van der Waals surface area contributed by atoms with Crippen molar-refractivity contribution in [2.24, 2.45) is 0 Å². The second-order valence-electron chi connectivity index (χ2n) is 12.5. The molecule has 0 aromatic heterocycles. The largest absolute Gasteiger partial charge is 0.504 e. The number of carboxylic acid groups (broad SMARTS) is 2. The van der Waals surface area contributed by atoms with Crippen LogP contribution in [0.3, 0.4) is 0 Å². The molecule has 0 unspecified atom stereocenters. The molecule has 4 N–H and O–H groups in total. The van der Waals surface area contributed by atoms with E-state index in [9.17, 15) is 10.2 Å². The van der Waals surface area contributed by atoms with Gasteiger partial charge in [-0.15, -0.1) is 6.58 Å². The molecule has 51 heavy (non-hydrogen) atoms. The highest BCUT2D eigenvalue weighted by Crippen LogP contribution is 2.65. The summed E-state index contributed by atoms with van der Waals surface area (Å²) in [6.07, 6.45) is 3.33. The third-order valence-corrected chi connectivity index (χ3v) is 9.58. The number of aromatic hydroxyl groups is 1. The number of likely N-dealkylation sites (tertiary alicyclic amines) is 1. The average molecular weight is 728 g/mol. The number of aliphatic hydroxyl groups is 1. The smallest absolute Gasteiger partial charge is 0.414 e. The third kappa shape index (κ3) is 9.95. The molecule has 0 radical (unpaired) electrons. The van der Waals surface area contributed by atoms with Crippen LogP contribution in [0.25, 0.3) is 0 Å². The van der Waals surface area contributed by atoms with Crippen LogP contribution in [0, 0.1) is 0 Å². The Labute approximate surface area is 298 Å². The SMILES string of the molecule is C=CCN1C[C@]23c4c5ccc(O)c4O[C@H]2[C@@H](OCCOCCOCCOCCOCCOCCOCCOC)CC[C@@]3(O)[C@H]1C5.O=C(O)C(=O)O. The zero-order valence-electron chi connectivity index (χ0n) is 29.3. The average Bonchev–Trinajstić information content (AvgIpc) is 3.53. The lowest BCUT2D eigenvalue weighted by atomic mass is 9.54. The highest BCUT2D eigenvalue weighted by Gasteiger charge is 2.75. The summed E-state index contributed by atoms with van der Waals surface area (Å²) in [5.41, 5.74) is 0.540. The van der Waals surface area contributed by atoms with E-state index in [0.29, 0.717) is 124 Å². The predicted molar refractivity (Wildman–Crippen MR) is 179 cm³/mol. The Kier molecular flexibility index (Phi) is 16.3. The lowest BCUT2D eigenvalue weighted by molar-refractivity contribution is -0.159. The first kappa shape index (κ1) is 40.9. The first-order valence-corrected chi connectivity index (χ1v) is 17.3. The van der Waals surface area contributed by atoms with Gasteiger partial charge in [0.15, 0.2) is 11.5 Å². The number of benzene rings is 1. The number of rotatable bonds is 24. The molecule has 1 aromatic carbocycles. The minimum atomic E-state index is -1.82. The molecule has 2 bridgehead atoms. The highest BCUT2D eigenvalue weighted by atomic mass is 16.6. The van der Waals surface area contributed by atoms with Crippen LogP contribution in [0.15, 0.2) is 24.8 Å². The molecule has 1 spiro atoms. The van der Waals surface area contributed by atoms with Gasteiger partial charge in [0, 0.05) is 31.8 Å². The van der Waals surface area contributed by atoms with Gasteiger partial charge in [-0.3, -0.25) is 4.90 Å². The normalized spacial score (nSPS) is 25.5. The Morgan fingerprint density at radius 3 is 1.86 bits per heavy atom. The number of hydrogen-bond acceptors (Lipinski definition) is 14. The fourth-order valence-corrected chi connectivity index (χ4v) is 7.49. The molecule has 2 fully saturated rings. The van der Waals surface area contributed by atoms with Gasteiger partial charge >= 0.3 is 11.9 Å². The van der Waals surface area contributed by atoms with Crippen molar-refractivity contribution in [3.05, 3.63) is 35.9 Å². The van der Waals surface area contributed by atoms with Crippen LogP contribution >= 0.6 is 0 Å². The van der Waals surface area contributed by atoms with Gasteiger partial charge in [-0.25, -0.2) is 9.59 Å². The van der Waals surface area contributed by atoms with E-state index in [1.54, 1.807) is 13.2 Å². The molecule has 4 aliphatic rings. The van der Waals surface area contributed by atoms with Crippen molar-refractivity contribution in [3.8, 4) is 11.5 Å². The number of phenolic OH excluding ortho intramolecular Hbond substituents is 1. The van der Waals surface area contributed by atoms with E-state index in [-0.39, 0.29) is 24.0 Å². The molecule has 16 heteroatoms. The molecular formula is C35H53NO15. The van der Waals surface area contributed by atoms with Gasteiger partial charge < -0.3 is 63.1 Å². The van der Waals surface area contributed by atoms with Gasteiger partial charge in [0.25, 0.3) is 0 Å². The van der Waals surface area contributed by atoms with Gasteiger partial charge in [-0.05, 0) is 30.9 Å². The van der Waals surface area contributed by atoms with E-state index in [4.69, 9.17) is 62.4 Å². The highest BCUT2D eigenvalue weighted by molar-refractivity contribution is 6.27. The lowest BCUT2D eigenvalue weighted by Gasteiger charge is -2.53. The van der Waals surface area contributed by atoms with Crippen molar-refractivity contribution < 1.29 is 72.6 Å². The summed E-state index contributed by atoms with van der Waals surface area (Å²) in [4.78, 5) is 20.5. The number of aliphatic carboxylic acids is 2. The topological polar surface area (TPSA) is 201 Å². The van der Waals surface area contributed by atoms with Crippen LogP contribution in [0.2, 0.25) is 0 Å². The van der Waals surface area contributed by atoms with Crippen molar-refractivity contribution in [2.75, 3.05) is 113 Å². The van der Waals surface area contributed by atoms with Gasteiger partial charge in [-0.1, -0.05) is 12.1 Å². The van der Waals surface area contributed by atoms with Crippen LogP contribution in [0.5, 0.6) is 11.5 Å². The molecule has 1 aromatic rings. The van der Waals surface area contributed by atoms with Crippen LogP contribution in [0.4, 0.5) is 0 Å². The minimum absolute atomic E-state index is 0.0134. The molecule has 1 saturated carbocycles. The Morgan fingerprint density at radius 2 is 1.37 bits per heavy atom. The molecule has 5 atom stereocenters. The van der Waals surface area contributed by atoms with Crippen molar-refractivity contribution >= 4 is 11.9 Å². The van der Waals surface area contributed by atoms with E-state index in [0.717, 1.165) is 17.5 Å². The number of hydrogen-bond donors (Lipinski definition) is 4. The van der Waals surface area contributed by atoms with E-state index < -0.39 is 23.0 Å². The molecule has 2 aliphatic carbocycles. The van der Waals surface area contributed by atoms with Gasteiger partial charge in [0.2, 0.25) is 0 Å². The van der Waals surface area contributed by atoms with Crippen molar-refractivity contribution in [2.45, 2.75) is 48.5 Å². The summed E-state index contributed by atoms with van der Waals surface area (Å²) < 4.78 is 50.8. The molecule has 288 valence electrons. The molecule has 16 nitrogen and oxygen atoms in total. The summed E-state index contributed by atoms with van der Waals surface area (Å²) in [6, 6.07) is 3.68. The number of methoxy groups -OCH3 is 1. The molecular weight excluding hydrogens is 674 g/mol. The van der Waals surface area contributed by atoms with Crippen molar-refractivity contribution in [3.63, 3.8) is 0 Å². The molecule has 1 saturated heterocycles. The van der Waals surface area contributed by atoms with E-state index in [1.165, 1.54) is 0 Å². The van der Waals surface area contributed by atoms with Gasteiger partial charge in [0.1, 0.15) is 6.10 Å². The van der Waals surface area contributed by atoms with Crippen molar-refractivity contribution in [1.82, 2.24) is 4.90 Å². The number of nitrogens with zero attached hydrogens (tertiary/aromatic N) is 1. The molecule has 0 amide bonds. The fraction of sp³-hybridized carbons (Fsp3) is 0.714. The monoisotopic (exact) mass is 727 g/mol. The second kappa shape index (κ2) is 20.4. The first-order valence-electron chi connectivity index (χ1n) is 17.3. The summed E-state index contributed by atoms with van der Waals surface area (Å²) in [5.74, 6) is -3.01. The van der Waals surface area contributed by atoms with E-state index in [2.05, 4.69) is 11.5 Å². The van der Waals surface area contributed by atoms with Crippen LogP contribution in [-0.2, 0) is 59.3 Å². The maximum atomic E-state index is 12.2. The molecule has 2 heterocycles. The van der Waals surface area contributed by atoms with Gasteiger partial charge in [0.05, 0.1) is 110 Å². The Bertz CT molecular complexity index is 1250. The Balaban J connectivity index is 0.000000894. The number of carboxylic acids is 2. The summed E-state index contributed by atoms with van der Waals surface area (Å²) >= 11 is 0. The van der Waals surface area contributed by atoms with Crippen LogP contribution < -0.4 is 4.74 Å². The summed E-state index contributed by atoms with van der Waals surface area (Å²) in [6.45, 7) is 12.3. The zero-order chi connectivity index (χ0) is 36.7. The lowest BCUT2D eigenvalue weighted by Crippen LogP contribution is -2.68. The second-order valence-corrected chi connectivity index (χ2v) is 12.5. The van der Waals surface area contributed by atoms with Crippen LogP contribution in [-0.4, -0.2) is 174 Å². The summed E-state index contributed by atoms with van der Waals surface area (Å²) in [7, 11) is 1.64. The fourth-order valence-electron chi connectivity index (χ4n) is 7.49. The zero-order valence-corrected chi connectivity index (χ0v) is 29.3. The number of phenols is 1. The van der Waals surface area contributed by atoms with E-state index in [1.807, 2.05) is 12.1 Å². The Morgan fingerprint density at radius 1 is 0.863 bits per heavy atom. The molecule has 5 rings (SSSR count). The predicted octanol–water partition coefficient (Wildman–Crippen LogP) is 0.629. The number of carbonyl (C=O) groups is 2. The van der Waals surface area contributed by atoms with E-state index >= 15 is 0 Å². The maximum Gasteiger partial charge on any atom is 0.414 e.